The lowest BCUT2D eigenvalue weighted by Crippen LogP contribution is -2.50. The maximum absolute atomic E-state index is 13.2. The van der Waals surface area contributed by atoms with Crippen LogP contribution in [0.3, 0.4) is 0 Å². The molecule has 0 spiro atoms. The van der Waals surface area contributed by atoms with E-state index >= 15 is 0 Å². The van der Waals surface area contributed by atoms with Gasteiger partial charge < -0.3 is 23.5 Å². The minimum absolute atomic E-state index is 0.0215. The number of aliphatic hydroxyl groups excluding tert-OH is 1. The van der Waals surface area contributed by atoms with Crippen molar-refractivity contribution in [2.75, 3.05) is 6.61 Å². The first-order valence-electron chi connectivity index (χ1n) is 20.9. The molecular weight excluding hydrogens is 725 g/mol. The number of rotatable bonds is 20. The summed E-state index contributed by atoms with van der Waals surface area (Å²) in [4.78, 5) is 13.2. The number of carboxylic acids is 1. The van der Waals surface area contributed by atoms with Crippen molar-refractivity contribution in [1.82, 2.24) is 0 Å². The van der Waals surface area contributed by atoms with Crippen LogP contribution >= 0.6 is 0 Å². The smallest absolute Gasteiger partial charge is 0.309 e. The van der Waals surface area contributed by atoms with Gasteiger partial charge in [-0.25, -0.2) is 0 Å². The fraction of sp³-hybridized carbons (Fsp3) is 0.930. The largest absolute Gasteiger partial charge is 0.481 e. The first kappa shape index (κ1) is 52.7. The molecule has 314 valence electrons. The van der Waals surface area contributed by atoms with Crippen molar-refractivity contribution in [2.24, 2.45) is 17.8 Å². The molecule has 0 aliphatic carbocycles. The third-order valence-electron chi connectivity index (χ3n) is 13.9. The molecule has 10 heteroatoms. The van der Waals surface area contributed by atoms with E-state index in [4.69, 9.17) is 13.3 Å². The van der Waals surface area contributed by atoms with Gasteiger partial charge in [-0.15, -0.1) is 5.54 Å². The molecule has 53 heavy (non-hydrogen) atoms. The molecule has 0 aromatic carbocycles. The Bertz CT molecular complexity index is 1160. The van der Waals surface area contributed by atoms with Gasteiger partial charge in [0.1, 0.15) is 14.2 Å². The average molecular weight is 816 g/mol. The Morgan fingerprint density at radius 2 is 1.08 bits per heavy atom. The van der Waals surface area contributed by atoms with Crippen molar-refractivity contribution in [3.63, 3.8) is 0 Å². The summed E-state index contributed by atoms with van der Waals surface area (Å²) < 4.78 is 20.6. The first-order chi connectivity index (χ1) is 23.5. The lowest BCUT2D eigenvalue weighted by molar-refractivity contribution is -0.151. The highest BCUT2D eigenvalue weighted by atomic mass is 28.4. The lowest BCUT2D eigenvalue weighted by atomic mass is 9.78. The summed E-state index contributed by atoms with van der Waals surface area (Å²) in [6.07, 6.45) is 1.50. The Morgan fingerprint density at radius 1 is 0.660 bits per heavy atom. The molecule has 0 fully saturated rings. The number of hydrogen-bond donors (Lipinski definition) is 2. The molecule has 0 unspecified atom stereocenters. The summed E-state index contributed by atoms with van der Waals surface area (Å²) >= 11 is 0. The van der Waals surface area contributed by atoms with E-state index in [2.05, 4.69) is 155 Å². The minimum atomic E-state index is -2.33. The molecule has 0 rings (SSSR count). The van der Waals surface area contributed by atoms with Crippen LogP contribution in [-0.4, -0.2) is 74.1 Å². The normalized spacial score (nSPS) is 17.7. The third kappa shape index (κ3) is 14.6. The zero-order valence-corrected chi connectivity index (χ0v) is 43.3. The fourth-order valence-corrected chi connectivity index (χ4v) is 16.0. The molecule has 0 radical (unpaired) electrons. The van der Waals surface area contributed by atoms with Crippen LogP contribution in [0.1, 0.15) is 143 Å². The number of hydrogen-bond acceptors (Lipinski definition) is 5. The molecule has 0 aliphatic rings. The Hall–Kier alpha value is -0.262. The van der Waals surface area contributed by atoms with E-state index in [1.54, 1.807) is 0 Å². The summed E-state index contributed by atoms with van der Waals surface area (Å²) in [5, 5.41) is 23.1. The Morgan fingerprint density at radius 3 is 1.45 bits per heavy atom. The maximum Gasteiger partial charge on any atom is 0.309 e. The predicted octanol–water partition coefficient (Wildman–Crippen LogP) is 12.9. The molecule has 0 aliphatic heterocycles. The van der Waals surface area contributed by atoms with Crippen LogP contribution in [0, 0.1) is 29.2 Å². The van der Waals surface area contributed by atoms with Crippen LogP contribution in [0.4, 0.5) is 0 Å². The topological polar surface area (TPSA) is 85.2 Å². The van der Waals surface area contributed by atoms with Gasteiger partial charge >= 0.3 is 5.97 Å². The van der Waals surface area contributed by atoms with Gasteiger partial charge in [0.25, 0.3) is 0 Å². The van der Waals surface area contributed by atoms with Crippen molar-refractivity contribution in [3.8, 4) is 11.5 Å². The average Bonchev–Trinajstić information content (AvgIpc) is 2.93. The molecule has 0 saturated carbocycles. The molecule has 0 aromatic heterocycles. The Kier molecular flexibility index (Phi) is 19.8. The lowest BCUT2D eigenvalue weighted by Gasteiger charge is -2.42. The van der Waals surface area contributed by atoms with Gasteiger partial charge in [-0.1, -0.05) is 124 Å². The summed E-state index contributed by atoms with van der Waals surface area (Å²) in [6, 6.07) is 0. The highest BCUT2D eigenvalue weighted by Gasteiger charge is 2.46. The van der Waals surface area contributed by atoms with Gasteiger partial charge in [-0.3, -0.25) is 4.79 Å². The van der Waals surface area contributed by atoms with E-state index in [1.165, 1.54) is 0 Å². The third-order valence-corrected chi connectivity index (χ3v) is 33.7. The van der Waals surface area contributed by atoms with E-state index < -0.39 is 63.0 Å². The number of aliphatic carboxylic acids is 1. The van der Waals surface area contributed by atoms with E-state index in [1.807, 2.05) is 13.8 Å². The standard InChI is InChI=1S/C43H90O6Si4/c1-31(2)53(32(3)4,33(5)6)29-27-37(49-52(22,23)43(15,16)17)35(8)39(44)38(40(45)46)34(7)30-36(48-51(20,21)42(12,13)14)26-24-25-28-47-50(18,19)41(9,10)11/h31-39,44H,24-26,28,30H2,1-23H3,(H,45,46)/t34-,35+,36+,37-,38-,39-/m0/s1. The van der Waals surface area contributed by atoms with Crippen LogP contribution in [0.15, 0.2) is 0 Å². The number of carbonyl (C=O) groups is 1. The van der Waals surface area contributed by atoms with Gasteiger partial charge in [0.2, 0.25) is 0 Å². The summed E-state index contributed by atoms with van der Waals surface area (Å²) in [6.45, 7) is 52.2. The van der Waals surface area contributed by atoms with Crippen molar-refractivity contribution in [2.45, 2.75) is 233 Å². The Balaban J connectivity index is 6.73. The molecular formula is C43H90O6Si4. The molecule has 6 atom stereocenters. The van der Waals surface area contributed by atoms with Crippen LogP contribution in [-0.2, 0) is 18.1 Å². The van der Waals surface area contributed by atoms with Crippen LogP contribution < -0.4 is 0 Å². The second-order valence-corrected chi connectivity index (χ2v) is 41.9. The van der Waals surface area contributed by atoms with Gasteiger partial charge in [-0.2, -0.15) is 0 Å². The molecule has 0 saturated heterocycles. The predicted molar refractivity (Wildman–Crippen MR) is 240 cm³/mol. The van der Waals surface area contributed by atoms with Gasteiger partial charge in [0.15, 0.2) is 25.0 Å². The highest BCUT2D eigenvalue weighted by Crippen LogP contribution is 2.43. The van der Waals surface area contributed by atoms with E-state index in [9.17, 15) is 15.0 Å². The van der Waals surface area contributed by atoms with Crippen molar-refractivity contribution in [1.29, 1.82) is 0 Å². The molecule has 0 aromatic rings. The summed E-state index contributed by atoms with van der Waals surface area (Å²) in [5.74, 6) is 0.872. The number of unbranched alkanes of at least 4 members (excludes halogenated alkanes) is 1. The van der Waals surface area contributed by atoms with E-state index in [-0.39, 0.29) is 27.1 Å². The van der Waals surface area contributed by atoms with Crippen LogP contribution in [0.5, 0.6) is 0 Å². The minimum Gasteiger partial charge on any atom is -0.481 e. The SMILES string of the molecule is CC(C)[Si](C#C[C@H](O[Si](C)(C)C(C)(C)C)[C@@H](C)[C@H](O)[C@@H](C(=O)O)[C@@H](C)C[C@@H](CCCCO[Si](C)(C)C(C)(C)C)O[Si](C)(C)C(C)(C)C)(C(C)C)C(C)C. The quantitative estimate of drug-likeness (QED) is 0.0723. The van der Waals surface area contributed by atoms with Gasteiger partial charge in [-0.05, 0) is 103 Å². The van der Waals surface area contributed by atoms with Gasteiger partial charge in [0, 0.05) is 18.6 Å². The van der Waals surface area contributed by atoms with Crippen LogP contribution in [0.2, 0.25) is 71.0 Å². The molecule has 0 heterocycles. The molecule has 0 amide bonds. The summed E-state index contributed by atoms with van der Waals surface area (Å²) in [7, 11) is -8.41. The zero-order valence-electron chi connectivity index (χ0n) is 39.3. The monoisotopic (exact) mass is 815 g/mol. The Labute approximate surface area is 334 Å². The second kappa shape index (κ2) is 19.9. The maximum atomic E-state index is 13.2. The molecule has 6 nitrogen and oxygen atoms in total. The van der Waals surface area contributed by atoms with Crippen molar-refractivity contribution >= 4 is 39.0 Å². The fourth-order valence-electron chi connectivity index (χ4n) is 7.02. The molecule has 2 N–H and O–H groups in total. The molecule has 0 bridgehead atoms. The van der Waals surface area contributed by atoms with Crippen LogP contribution in [0.25, 0.3) is 0 Å². The highest BCUT2D eigenvalue weighted by molar-refractivity contribution is 6.90. The number of carboxylic acid groups (broad SMARTS) is 1. The zero-order chi connectivity index (χ0) is 42.3. The first-order valence-corrected chi connectivity index (χ1v) is 31.9. The van der Waals surface area contributed by atoms with Crippen molar-refractivity contribution in [3.05, 3.63) is 0 Å². The van der Waals surface area contributed by atoms with Gasteiger partial charge in [0.05, 0.1) is 12.0 Å². The van der Waals surface area contributed by atoms with Crippen molar-refractivity contribution < 1.29 is 28.3 Å². The van der Waals surface area contributed by atoms with E-state index in [0.717, 1.165) is 25.9 Å². The number of aliphatic hydroxyl groups is 1. The second-order valence-electron chi connectivity index (χ2n) is 22.0. The summed E-state index contributed by atoms with van der Waals surface area (Å²) in [5.41, 5.74) is 5.22. The van der Waals surface area contributed by atoms with E-state index in [0.29, 0.717) is 23.0 Å².